The lowest BCUT2D eigenvalue weighted by molar-refractivity contribution is -0.00461. The minimum atomic E-state index is 0.0907. The van der Waals surface area contributed by atoms with Crippen LogP contribution in [0.5, 0.6) is 0 Å². The van der Waals surface area contributed by atoms with Crippen LogP contribution in [0.15, 0.2) is 12.4 Å². The van der Waals surface area contributed by atoms with Gasteiger partial charge in [-0.3, -0.25) is 0 Å². The molecule has 0 bridgehead atoms. The van der Waals surface area contributed by atoms with E-state index in [1.165, 1.54) is 0 Å². The fraction of sp³-hybridized carbons (Fsp3) is 0.636. The fourth-order valence-corrected chi connectivity index (χ4v) is 2.04. The SMILES string of the molecule is CNc1cc(N2CC(OC)C(OC)C2)ncn1. The van der Waals surface area contributed by atoms with E-state index in [0.717, 1.165) is 24.7 Å². The van der Waals surface area contributed by atoms with E-state index in [4.69, 9.17) is 9.47 Å². The highest BCUT2D eigenvalue weighted by Crippen LogP contribution is 2.22. The van der Waals surface area contributed by atoms with Gasteiger partial charge in [0.1, 0.15) is 30.2 Å². The van der Waals surface area contributed by atoms with Gasteiger partial charge in [-0.05, 0) is 0 Å². The molecule has 1 saturated heterocycles. The molecule has 2 rings (SSSR count). The van der Waals surface area contributed by atoms with Gasteiger partial charge in [0.25, 0.3) is 0 Å². The zero-order valence-corrected chi connectivity index (χ0v) is 10.4. The van der Waals surface area contributed by atoms with E-state index in [9.17, 15) is 0 Å². The van der Waals surface area contributed by atoms with Crippen molar-refractivity contribution in [3.05, 3.63) is 12.4 Å². The molecular weight excluding hydrogens is 220 g/mol. The molecule has 17 heavy (non-hydrogen) atoms. The molecule has 6 heteroatoms. The van der Waals surface area contributed by atoms with Gasteiger partial charge >= 0.3 is 0 Å². The molecule has 0 amide bonds. The van der Waals surface area contributed by atoms with Crippen molar-refractivity contribution in [1.82, 2.24) is 9.97 Å². The van der Waals surface area contributed by atoms with Crippen molar-refractivity contribution in [3.63, 3.8) is 0 Å². The smallest absolute Gasteiger partial charge is 0.134 e. The maximum atomic E-state index is 5.40. The first-order valence-corrected chi connectivity index (χ1v) is 5.58. The zero-order valence-electron chi connectivity index (χ0n) is 10.4. The van der Waals surface area contributed by atoms with Crippen molar-refractivity contribution in [2.75, 3.05) is 44.6 Å². The van der Waals surface area contributed by atoms with Gasteiger partial charge in [0.05, 0.1) is 0 Å². The number of methoxy groups -OCH3 is 2. The summed E-state index contributed by atoms with van der Waals surface area (Å²) in [6.45, 7) is 1.57. The molecule has 2 unspecified atom stereocenters. The Morgan fingerprint density at radius 2 is 1.88 bits per heavy atom. The van der Waals surface area contributed by atoms with E-state index in [-0.39, 0.29) is 12.2 Å². The summed E-state index contributed by atoms with van der Waals surface area (Å²) in [7, 11) is 5.25. The number of rotatable bonds is 4. The second-order valence-electron chi connectivity index (χ2n) is 3.96. The molecule has 1 aromatic heterocycles. The Labute approximate surface area is 101 Å². The van der Waals surface area contributed by atoms with Crippen LogP contribution in [0.1, 0.15) is 0 Å². The third-order valence-corrected chi connectivity index (χ3v) is 3.05. The zero-order chi connectivity index (χ0) is 12.3. The van der Waals surface area contributed by atoms with Crippen LogP contribution in [0.4, 0.5) is 11.6 Å². The first-order valence-electron chi connectivity index (χ1n) is 5.58. The summed E-state index contributed by atoms with van der Waals surface area (Å²) in [6, 6.07) is 1.92. The van der Waals surface area contributed by atoms with E-state index < -0.39 is 0 Å². The van der Waals surface area contributed by atoms with Crippen LogP contribution < -0.4 is 10.2 Å². The first kappa shape index (κ1) is 12.1. The summed E-state index contributed by atoms with van der Waals surface area (Å²) < 4.78 is 10.8. The predicted octanol–water partition coefficient (Wildman–Crippen LogP) is 0.368. The number of ether oxygens (including phenoxy) is 2. The van der Waals surface area contributed by atoms with E-state index in [1.807, 2.05) is 13.1 Å². The highest BCUT2D eigenvalue weighted by Gasteiger charge is 2.33. The summed E-state index contributed by atoms with van der Waals surface area (Å²) in [6.07, 6.45) is 1.74. The number of nitrogens with one attached hydrogen (secondary N) is 1. The van der Waals surface area contributed by atoms with Gasteiger partial charge < -0.3 is 19.7 Å². The lowest BCUT2D eigenvalue weighted by Crippen LogP contribution is -2.27. The molecule has 0 radical (unpaired) electrons. The van der Waals surface area contributed by atoms with Crippen LogP contribution in [0, 0.1) is 0 Å². The van der Waals surface area contributed by atoms with Gasteiger partial charge in [-0.25, -0.2) is 9.97 Å². The highest BCUT2D eigenvalue weighted by atomic mass is 16.5. The Kier molecular flexibility index (Phi) is 3.75. The predicted molar refractivity (Wildman–Crippen MR) is 65.4 cm³/mol. The van der Waals surface area contributed by atoms with E-state index >= 15 is 0 Å². The van der Waals surface area contributed by atoms with E-state index in [2.05, 4.69) is 20.2 Å². The molecule has 1 aromatic rings. The number of hydrogen-bond acceptors (Lipinski definition) is 6. The average Bonchev–Trinajstić information content (AvgIpc) is 2.82. The van der Waals surface area contributed by atoms with Gasteiger partial charge in [-0.1, -0.05) is 0 Å². The van der Waals surface area contributed by atoms with E-state index in [1.54, 1.807) is 20.5 Å². The standard InChI is InChI=1S/C11H18N4O2/c1-12-10-4-11(14-7-13-10)15-5-8(16-2)9(6-15)17-3/h4,7-9H,5-6H2,1-3H3,(H,12,13,14). The Balaban J connectivity index is 2.13. The lowest BCUT2D eigenvalue weighted by Gasteiger charge is -2.16. The maximum Gasteiger partial charge on any atom is 0.134 e. The summed E-state index contributed by atoms with van der Waals surface area (Å²) in [5, 5.41) is 3.00. The number of anilines is 2. The molecule has 0 spiro atoms. The topological polar surface area (TPSA) is 59.5 Å². The number of nitrogens with zero attached hydrogens (tertiary/aromatic N) is 3. The molecule has 1 N–H and O–H groups in total. The highest BCUT2D eigenvalue weighted by molar-refractivity contribution is 5.49. The van der Waals surface area contributed by atoms with Crippen molar-refractivity contribution < 1.29 is 9.47 Å². The molecule has 0 aliphatic carbocycles. The van der Waals surface area contributed by atoms with E-state index in [0.29, 0.717) is 0 Å². The number of hydrogen-bond donors (Lipinski definition) is 1. The summed E-state index contributed by atoms with van der Waals surface area (Å²) in [4.78, 5) is 10.5. The molecule has 1 aliphatic rings. The molecule has 1 fully saturated rings. The monoisotopic (exact) mass is 238 g/mol. The molecule has 94 valence electrons. The second-order valence-corrected chi connectivity index (χ2v) is 3.96. The third-order valence-electron chi connectivity index (χ3n) is 3.05. The van der Waals surface area contributed by atoms with Gasteiger partial charge in [-0.15, -0.1) is 0 Å². The molecule has 0 aromatic carbocycles. The maximum absolute atomic E-state index is 5.40. The summed E-state index contributed by atoms with van der Waals surface area (Å²) >= 11 is 0. The van der Waals surface area contributed by atoms with Crippen LogP contribution in [0.3, 0.4) is 0 Å². The van der Waals surface area contributed by atoms with Crippen LogP contribution in [0.2, 0.25) is 0 Å². The molecule has 6 nitrogen and oxygen atoms in total. The Hall–Kier alpha value is -1.40. The van der Waals surface area contributed by atoms with Crippen molar-refractivity contribution in [2.45, 2.75) is 12.2 Å². The van der Waals surface area contributed by atoms with Gasteiger partial charge in [0.15, 0.2) is 0 Å². The molecule has 1 aliphatic heterocycles. The lowest BCUT2D eigenvalue weighted by atomic mass is 10.3. The van der Waals surface area contributed by atoms with Crippen molar-refractivity contribution in [1.29, 1.82) is 0 Å². The minimum Gasteiger partial charge on any atom is -0.377 e. The Morgan fingerprint density at radius 1 is 1.24 bits per heavy atom. The molecule has 0 saturated carbocycles. The normalized spacial score (nSPS) is 24.1. The first-order chi connectivity index (χ1) is 8.28. The Morgan fingerprint density at radius 3 is 2.41 bits per heavy atom. The second kappa shape index (κ2) is 5.29. The molecular formula is C11H18N4O2. The quantitative estimate of drug-likeness (QED) is 0.817. The molecule has 2 atom stereocenters. The Bertz CT molecular complexity index is 362. The van der Waals surface area contributed by atoms with Gasteiger partial charge in [0, 0.05) is 40.4 Å². The van der Waals surface area contributed by atoms with Gasteiger partial charge in [0.2, 0.25) is 0 Å². The van der Waals surface area contributed by atoms with Crippen LogP contribution in [-0.4, -0.2) is 56.5 Å². The summed E-state index contributed by atoms with van der Waals surface area (Å²) in [5.74, 6) is 1.70. The van der Waals surface area contributed by atoms with Crippen molar-refractivity contribution >= 4 is 11.6 Å². The molecule has 2 heterocycles. The fourth-order valence-electron chi connectivity index (χ4n) is 2.04. The minimum absolute atomic E-state index is 0.0907. The summed E-state index contributed by atoms with van der Waals surface area (Å²) in [5.41, 5.74) is 0. The average molecular weight is 238 g/mol. The van der Waals surface area contributed by atoms with Crippen LogP contribution >= 0.6 is 0 Å². The van der Waals surface area contributed by atoms with Crippen molar-refractivity contribution in [2.24, 2.45) is 0 Å². The van der Waals surface area contributed by atoms with Crippen molar-refractivity contribution in [3.8, 4) is 0 Å². The van der Waals surface area contributed by atoms with Crippen LogP contribution in [0.25, 0.3) is 0 Å². The number of aromatic nitrogens is 2. The largest absolute Gasteiger partial charge is 0.377 e. The van der Waals surface area contributed by atoms with Crippen LogP contribution in [-0.2, 0) is 9.47 Å². The van der Waals surface area contributed by atoms with Gasteiger partial charge in [-0.2, -0.15) is 0 Å². The third kappa shape index (κ3) is 2.48.